The van der Waals surface area contributed by atoms with Crippen molar-refractivity contribution in [3.8, 4) is 0 Å². The van der Waals surface area contributed by atoms with Crippen molar-refractivity contribution < 1.29 is 13.2 Å². The predicted octanol–water partition coefficient (Wildman–Crippen LogP) is 3.35. The summed E-state index contributed by atoms with van der Waals surface area (Å²) in [6, 6.07) is 6.13. The topological polar surface area (TPSA) is 97.3 Å². The van der Waals surface area contributed by atoms with Gasteiger partial charge in [0.1, 0.15) is 0 Å². The van der Waals surface area contributed by atoms with E-state index in [-0.39, 0.29) is 28.1 Å². The average molecular weight is 464 g/mol. The normalized spacial score (nSPS) is 23.7. The van der Waals surface area contributed by atoms with E-state index in [0.717, 1.165) is 29.4 Å². The highest BCUT2D eigenvalue weighted by molar-refractivity contribution is 7.89. The molecule has 0 saturated heterocycles. The molecule has 1 aromatic carbocycles. The number of benzene rings is 1. The number of rotatable bonds is 8. The molecule has 1 heterocycles. The van der Waals surface area contributed by atoms with Crippen molar-refractivity contribution in [3.63, 3.8) is 0 Å². The van der Waals surface area contributed by atoms with Gasteiger partial charge in [0.05, 0.1) is 4.90 Å². The molecule has 2 N–H and O–H groups in total. The van der Waals surface area contributed by atoms with Crippen molar-refractivity contribution in [1.82, 2.24) is 9.29 Å². The van der Waals surface area contributed by atoms with Gasteiger partial charge in [-0.25, -0.2) is 13.1 Å². The number of amides is 1. The first-order valence-corrected chi connectivity index (χ1v) is 13.2. The van der Waals surface area contributed by atoms with Crippen LogP contribution in [0.5, 0.6) is 0 Å². The van der Waals surface area contributed by atoms with E-state index in [1.165, 1.54) is 31.4 Å². The molecule has 168 valence electrons. The SMILES string of the molecule is Cc1csc(=O)n1CCC(=O)Nc1ccc(S(=O)(=O)NC(C)C2CC3CCC2C3)cc1. The van der Waals surface area contributed by atoms with Crippen molar-refractivity contribution in [2.24, 2.45) is 17.8 Å². The quantitative estimate of drug-likeness (QED) is 0.627. The van der Waals surface area contributed by atoms with Crippen LogP contribution in [0.2, 0.25) is 0 Å². The van der Waals surface area contributed by atoms with E-state index in [4.69, 9.17) is 0 Å². The summed E-state index contributed by atoms with van der Waals surface area (Å²) in [5.41, 5.74) is 1.36. The fraction of sp³-hybridized carbons (Fsp3) is 0.545. The van der Waals surface area contributed by atoms with Gasteiger partial charge in [-0.15, -0.1) is 0 Å². The van der Waals surface area contributed by atoms with Crippen LogP contribution in [-0.4, -0.2) is 24.9 Å². The van der Waals surface area contributed by atoms with E-state index in [9.17, 15) is 18.0 Å². The maximum Gasteiger partial charge on any atom is 0.307 e. The molecule has 0 spiro atoms. The minimum atomic E-state index is -3.61. The fourth-order valence-electron chi connectivity index (χ4n) is 5.14. The lowest BCUT2D eigenvalue weighted by Crippen LogP contribution is -2.40. The summed E-state index contributed by atoms with van der Waals surface area (Å²) in [5.74, 6) is 1.61. The number of aryl methyl sites for hydroxylation is 1. The minimum Gasteiger partial charge on any atom is -0.326 e. The first kappa shape index (κ1) is 22.2. The van der Waals surface area contributed by atoms with Gasteiger partial charge in [0.2, 0.25) is 15.9 Å². The lowest BCUT2D eigenvalue weighted by molar-refractivity contribution is -0.116. The molecular weight excluding hydrogens is 434 g/mol. The Morgan fingerprint density at radius 1 is 1.23 bits per heavy atom. The van der Waals surface area contributed by atoms with Gasteiger partial charge in [0.15, 0.2) is 0 Å². The predicted molar refractivity (Wildman–Crippen MR) is 122 cm³/mol. The van der Waals surface area contributed by atoms with E-state index >= 15 is 0 Å². The largest absolute Gasteiger partial charge is 0.326 e. The minimum absolute atomic E-state index is 0.0768. The number of nitrogens with one attached hydrogen (secondary N) is 2. The average Bonchev–Trinajstić information content (AvgIpc) is 3.43. The summed E-state index contributed by atoms with van der Waals surface area (Å²) in [6.45, 7) is 4.12. The molecule has 2 bridgehead atoms. The van der Waals surface area contributed by atoms with Gasteiger partial charge >= 0.3 is 4.87 Å². The number of thiazole rings is 1. The number of carbonyl (C=O) groups is 1. The number of hydrogen-bond donors (Lipinski definition) is 2. The maximum atomic E-state index is 12.8. The number of nitrogens with zero attached hydrogens (tertiary/aromatic N) is 1. The van der Waals surface area contributed by atoms with E-state index in [1.54, 1.807) is 22.1 Å². The van der Waals surface area contributed by atoms with Crippen molar-refractivity contribution >= 4 is 33.0 Å². The summed E-state index contributed by atoms with van der Waals surface area (Å²) in [6.07, 6.45) is 5.04. The Hall–Kier alpha value is -1.97. The van der Waals surface area contributed by atoms with Crippen LogP contribution in [0.15, 0.2) is 39.3 Å². The Labute approximate surface area is 186 Å². The molecule has 2 aliphatic carbocycles. The highest BCUT2D eigenvalue weighted by atomic mass is 32.2. The Bertz CT molecular complexity index is 1100. The highest BCUT2D eigenvalue weighted by Gasteiger charge is 2.42. The van der Waals surface area contributed by atoms with Crippen molar-refractivity contribution in [2.75, 3.05) is 5.32 Å². The molecule has 4 rings (SSSR count). The second-order valence-electron chi connectivity index (χ2n) is 8.87. The second kappa shape index (κ2) is 8.88. The maximum absolute atomic E-state index is 12.8. The molecule has 0 radical (unpaired) electrons. The molecule has 4 unspecified atom stereocenters. The van der Waals surface area contributed by atoms with Gasteiger partial charge in [-0.05, 0) is 75.1 Å². The number of sulfonamides is 1. The molecule has 1 amide bonds. The Balaban J connectivity index is 1.32. The zero-order valence-electron chi connectivity index (χ0n) is 17.8. The Morgan fingerprint density at radius 2 is 1.97 bits per heavy atom. The van der Waals surface area contributed by atoms with E-state index in [1.807, 2.05) is 13.8 Å². The van der Waals surface area contributed by atoms with Crippen LogP contribution in [0.1, 0.15) is 44.7 Å². The molecule has 7 nitrogen and oxygen atoms in total. The standard InChI is InChI=1S/C22H29N3O4S2/c1-14-13-30-22(27)25(14)10-9-21(26)23-18-5-7-19(8-6-18)31(28,29)24-15(2)20-12-16-3-4-17(20)11-16/h5-8,13,15-17,20,24H,3-4,9-12H2,1-2H3,(H,23,26). The Kier molecular flexibility index (Phi) is 6.37. The zero-order chi connectivity index (χ0) is 22.2. The van der Waals surface area contributed by atoms with Gasteiger partial charge in [0, 0.05) is 35.8 Å². The van der Waals surface area contributed by atoms with Gasteiger partial charge in [-0.3, -0.25) is 9.59 Å². The Morgan fingerprint density at radius 3 is 2.55 bits per heavy atom. The number of aromatic nitrogens is 1. The highest BCUT2D eigenvalue weighted by Crippen LogP contribution is 2.49. The van der Waals surface area contributed by atoms with Gasteiger partial charge in [-0.1, -0.05) is 17.8 Å². The summed E-state index contributed by atoms with van der Waals surface area (Å²) in [4.78, 5) is 24.1. The lowest BCUT2D eigenvalue weighted by Gasteiger charge is -2.28. The third-order valence-corrected chi connectivity index (χ3v) is 9.22. The molecule has 1 aromatic heterocycles. The van der Waals surface area contributed by atoms with E-state index in [2.05, 4.69) is 10.0 Å². The van der Waals surface area contributed by atoms with Crippen molar-refractivity contribution in [1.29, 1.82) is 0 Å². The molecule has 2 aliphatic rings. The number of carbonyl (C=O) groups excluding carboxylic acids is 1. The van der Waals surface area contributed by atoms with Gasteiger partial charge in [0.25, 0.3) is 0 Å². The second-order valence-corrected chi connectivity index (χ2v) is 11.4. The van der Waals surface area contributed by atoms with Crippen LogP contribution in [0.3, 0.4) is 0 Å². The first-order valence-electron chi connectivity index (χ1n) is 10.8. The number of anilines is 1. The molecule has 9 heteroatoms. The molecule has 2 fully saturated rings. The molecule has 31 heavy (non-hydrogen) atoms. The van der Waals surface area contributed by atoms with Gasteiger partial charge < -0.3 is 9.88 Å². The summed E-state index contributed by atoms with van der Waals surface area (Å²) >= 11 is 1.12. The van der Waals surface area contributed by atoms with E-state index in [0.29, 0.717) is 24.1 Å². The summed E-state index contributed by atoms with van der Waals surface area (Å²) in [5, 5.41) is 4.53. The summed E-state index contributed by atoms with van der Waals surface area (Å²) < 4.78 is 30.0. The van der Waals surface area contributed by atoms with Crippen LogP contribution in [-0.2, 0) is 21.4 Å². The van der Waals surface area contributed by atoms with Gasteiger partial charge in [-0.2, -0.15) is 0 Å². The fourth-order valence-corrected chi connectivity index (χ4v) is 7.19. The number of fused-ring (bicyclic) bond motifs is 2. The van der Waals surface area contributed by atoms with Crippen LogP contribution in [0, 0.1) is 24.7 Å². The summed E-state index contributed by atoms with van der Waals surface area (Å²) in [7, 11) is -3.61. The van der Waals surface area contributed by atoms with Crippen molar-refractivity contribution in [3.05, 3.63) is 45.0 Å². The van der Waals surface area contributed by atoms with Crippen molar-refractivity contribution in [2.45, 2.75) is 63.4 Å². The lowest BCUT2D eigenvalue weighted by atomic mass is 9.84. The third kappa shape index (κ3) is 4.94. The molecular formula is C22H29N3O4S2. The molecule has 2 aromatic rings. The van der Waals surface area contributed by atoms with Crippen LogP contribution in [0.25, 0.3) is 0 Å². The molecule has 0 aliphatic heterocycles. The monoisotopic (exact) mass is 463 g/mol. The van der Waals surface area contributed by atoms with Crippen LogP contribution < -0.4 is 14.9 Å². The zero-order valence-corrected chi connectivity index (χ0v) is 19.5. The first-order chi connectivity index (χ1) is 14.7. The number of hydrogen-bond acceptors (Lipinski definition) is 5. The molecule has 4 atom stereocenters. The van der Waals surface area contributed by atoms with E-state index < -0.39 is 10.0 Å². The smallest absolute Gasteiger partial charge is 0.307 e. The van der Waals surface area contributed by atoms with Crippen LogP contribution in [0.4, 0.5) is 5.69 Å². The van der Waals surface area contributed by atoms with Crippen LogP contribution >= 0.6 is 11.3 Å². The molecule has 2 saturated carbocycles. The third-order valence-electron chi connectivity index (χ3n) is 6.76.